The van der Waals surface area contributed by atoms with Crippen molar-refractivity contribution >= 4 is 33.9 Å². The summed E-state index contributed by atoms with van der Waals surface area (Å²) in [5, 5.41) is 5.60. The van der Waals surface area contributed by atoms with Crippen molar-refractivity contribution in [3.63, 3.8) is 0 Å². The minimum Gasteiger partial charge on any atom is -0.309 e. The number of halogens is 1. The Labute approximate surface area is 114 Å². The fraction of sp³-hybridized carbons (Fsp3) is 0.231. The van der Waals surface area contributed by atoms with Gasteiger partial charge in [0.2, 0.25) is 0 Å². The van der Waals surface area contributed by atoms with Crippen molar-refractivity contribution in [2.24, 2.45) is 0 Å². The molecule has 0 fully saturated rings. The predicted molar refractivity (Wildman–Crippen MR) is 79.1 cm³/mol. The lowest BCUT2D eigenvalue weighted by atomic mass is 10.0. The highest BCUT2D eigenvalue weighted by molar-refractivity contribution is 14.1. The molecule has 0 aliphatic heterocycles. The molecular formula is C13H14INS. The van der Waals surface area contributed by atoms with Crippen molar-refractivity contribution in [1.29, 1.82) is 0 Å². The minimum atomic E-state index is 0.307. The Balaban J connectivity index is 2.32. The first-order valence-electron chi connectivity index (χ1n) is 5.18. The fourth-order valence-corrected chi connectivity index (χ4v) is 2.89. The fourth-order valence-electron chi connectivity index (χ4n) is 1.80. The molecule has 16 heavy (non-hydrogen) atoms. The molecule has 1 atom stereocenters. The van der Waals surface area contributed by atoms with Gasteiger partial charge in [0, 0.05) is 8.45 Å². The Bertz CT molecular complexity index is 461. The first-order chi connectivity index (χ1) is 7.70. The highest BCUT2D eigenvalue weighted by Gasteiger charge is 2.12. The van der Waals surface area contributed by atoms with Crippen molar-refractivity contribution in [2.45, 2.75) is 13.0 Å². The topological polar surface area (TPSA) is 12.0 Å². The number of hydrogen-bond acceptors (Lipinski definition) is 2. The molecule has 2 rings (SSSR count). The number of rotatable bonds is 3. The molecule has 1 unspecified atom stereocenters. The molecule has 0 saturated heterocycles. The molecule has 0 aliphatic rings. The molecule has 1 aromatic heterocycles. The van der Waals surface area contributed by atoms with Crippen molar-refractivity contribution < 1.29 is 0 Å². The summed E-state index contributed by atoms with van der Waals surface area (Å²) < 4.78 is 1.28. The summed E-state index contributed by atoms with van der Waals surface area (Å²) in [6, 6.07) is 11.2. The van der Waals surface area contributed by atoms with Crippen LogP contribution >= 0.6 is 33.9 Å². The van der Waals surface area contributed by atoms with Crippen molar-refractivity contribution in [2.75, 3.05) is 7.05 Å². The standard InChI is InChI=1S/C13H14INS/c1-9-7-11(8-16-9)13(15-2)10-3-5-12(14)6-4-10/h3-8,13,15H,1-2H3. The number of thiophene rings is 1. The third-order valence-electron chi connectivity index (χ3n) is 2.58. The molecule has 2 aromatic rings. The van der Waals surface area contributed by atoms with Crippen LogP contribution < -0.4 is 5.32 Å². The third kappa shape index (κ3) is 2.64. The molecule has 1 N–H and O–H groups in total. The first kappa shape index (κ1) is 12.1. The maximum atomic E-state index is 3.37. The van der Waals surface area contributed by atoms with E-state index < -0.39 is 0 Å². The van der Waals surface area contributed by atoms with E-state index in [1.54, 1.807) is 11.3 Å². The van der Waals surface area contributed by atoms with Gasteiger partial charge >= 0.3 is 0 Å². The highest BCUT2D eigenvalue weighted by atomic mass is 127. The van der Waals surface area contributed by atoms with Gasteiger partial charge in [0.25, 0.3) is 0 Å². The SMILES string of the molecule is CNC(c1ccc(I)cc1)c1csc(C)c1. The molecule has 0 radical (unpaired) electrons. The average molecular weight is 343 g/mol. The van der Waals surface area contributed by atoms with Gasteiger partial charge in [-0.05, 0) is 71.3 Å². The normalized spacial score (nSPS) is 12.7. The Morgan fingerprint density at radius 1 is 1.19 bits per heavy atom. The van der Waals surface area contributed by atoms with E-state index in [0.717, 1.165) is 0 Å². The minimum absolute atomic E-state index is 0.307. The van der Waals surface area contributed by atoms with Gasteiger partial charge in [0.15, 0.2) is 0 Å². The Hall–Kier alpha value is -0.390. The molecule has 3 heteroatoms. The maximum absolute atomic E-state index is 3.37. The van der Waals surface area contributed by atoms with E-state index in [4.69, 9.17) is 0 Å². The Kier molecular flexibility index (Phi) is 4.00. The van der Waals surface area contributed by atoms with Crippen molar-refractivity contribution in [1.82, 2.24) is 5.32 Å². The second-order valence-corrected chi connectivity index (χ2v) is 6.12. The smallest absolute Gasteiger partial charge is 0.0582 e. The van der Waals surface area contributed by atoms with Crippen LogP contribution in [0, 0.1) is 10.5 Å². The van der Waals surface area contributed by atoms with Crippen LogP contribution in [0.15, 0.2) is 35.7 Å². The summed E-state index contributed by atoms with van der Waals surface area (Å²) in [4.78, 5) is 1.36. The second-order valence-electron chi connectivity index (χ2n) is 3.76. The molecule has 84 valence electrons. The largest absolute Gasteiger partial charge is 0.309 e. The Morgan fingerprint density at radius 3 is 2.38 bits per heavy atom. The summed E-state index contributed by atoms with van der Waals surface area (Å²) in [6.07, 6.45) is 0. The summed E-state index contributed by atoms with van der Waals surface area (Å²) >= 11 is 4.14. The molecule has 0 aliphatic carbocycles. The van der Waals surface area contributed by atoms with Gasteiger partial charge in [-0.25, -0.2) is 0 Å². The van der Waals surface area contributed by atoms with Crippen LogP contribution in [0.4, 0.5) is 0 Å². The van der Waals surface area contributed by atoms with E-state index in [0.29, 0.717) is 6.04 Å². The maximum Gasteiger partial charge on any atom is 0.0582 e. The predicted octanol–water partition coefficient (Wildman–Crippen LogP) is 3.97. The zero-order chi connectivity index (χ0) is 11.5. The quantitative estimate of drug-likeness (QED) is 0.832. The monoisotopic (exact) mass is 343 g/mol. The average Bonchev–Trinajstić information content (AvgIpc) is 2.69. The lowest BCUT2D eigenvalue weighted by molar-refractivity contribution is 0.694. The van der Waals surface area contributed by atoms with Crippen molar-refractivity contribution in [3.8, 4) is 0 Å². The molecular weight excluding hydrogens is 329 g/mol. The van der Waals surface area contributed by atoms with Gasteiger partial charge in [-0.15, -0.1) is 11.3 Å². The summed E-state index contributed by atoms with van der Waals surface area (Å²) in [7, 11) is 2.01. The molecule has 0 bridgehead atoms. The van der Waals surface area contributed by atoms with Crippen LogP contribution in [0.5, 0.6) is 0 Å². The molecule has 0 spiro atoms. The lowest BCUT2D eigenvalue weighted by Gasteiger charge is -2.15. The first-order valence-corrected chi connectivity index (χ1v) is 7.14. The van der Waals surface area contributed by atoms with Gasteiger partial charge in [-0.3, -0.25) is 0 Å². The number of aryl methyl sites for hydroxylation is 1. The summed E-state index contributed by atoms with van der Waals surface area (Å²) in [5.41, 5.74) is 2.67. The zero-order valence-corrected chi connectivity index (χ0v) is 12.3. The van der Waals surface area contributed by atoms with Crippen molar-refractivity contribution in [3.05, 3.63) is 55.3 Å². The van der Waals surface area contributed by atoms with Crippen LogP contribution in [-0.4, -0.2) is 7.05 Å². The van der Waals surface area contributed by atoms with Gasteiger partial charge in [-0.2, -0.15) is 0 Å². The second kappa shape index (κ2) is 5.29. The van der Waals surface area contributed by atoms with Gasteiger partial charge < -0.3 is 5.32 Å². The van der Waals surface area contributed by atoms with Gasteiger partial charge in [0.05, 0.1) is 6.04 Å². The summed E-state index contributed by atoms with van der Waals surface area (Å²) in [6.45, 7) is 2.15. The molecule has 0 saturated carbocycles. The van der Waals surface area contributed by atoms with Crippen LogP contribution in [0.1, 0.15) is 22.0 Å². The van der Waals surface area contributed by atoms with Crippen LogP contribution in [0.2, 0.25) is 0 Å². The zero-order valence-electron chi connectivity index (χ0n) is 9.33. The Morgan fingerprint density at radius 2 is 1.88 bits per heavy atom. The van der Waals surface area contributed by atoms with E-state index >= 15 is 0 Å². The van der Waals surface area contributed by atoms with E-state index in [2.05, 4.69) is 70.5 Å². The molecule has 1 heterocycles. The molecule has 1 nitrogen and oxygen atoms in total. The third-order valence-corrected chi connectivity index (χ3v) is 4.17. The van der Waals surface area contributed by atoms with E-state index in [1.165, 1.54) is 19.6 Å². The van der Waals surface area contributed by atoms with E-state index in [-0.39, 0.29) is 0 Å². The van der Waals surface area contributed by atoms with Gasteiger partial charge in [0.1, 0.15) is 0 Å². The van der Waals surface area contributed by atoms with E-state index in [9.17, 15) is 0 Å². The van der Waals surface area contributed by atoms with Crippen LogP contribution in [-0.2, 0) is 0 Å². The lowest BCUT2D eigenvalue weighted by Crippen LogP contribution is -2.16. The van der Waals surface area contributed by atoms with Crippen LogP contribution in [0.25, 0.3) is 0 Å². The molecule has 1 aromatic carbocycles. The highest BCUT2D eigenvalue weighted by Crippen LogP contribution is 2.26. The number of benzene rings is 1. The van der Waals surface area contributed by atoms with Crippen LogP contribution in [0.3, 0.4) is 0 Å². The molecule has 0 amide bonds. The van der Waals surface area contributed by atoms with Gasteiger partial charge in [-0.1, -0.05) is 12.1 Å². The number of nitrogens with one attached hydrogen (secondary N) is 1. The van der Waals surface area contributed by atoms with E-state index in [1.807, 2.05) is 7.05 Å². The summed E-state index contributed by atoms with van der Waals surface area (Å²) in [5.74, 6) is 0. The number of hydrogen-bond donors (Lipinski definition) is 1.